The molecule has 3 aromatic rings. The number of hydrogen-bond acceptors (Lipinski definition) is 7. The molecule has 0 spiro atoms. The van der Waals surface area contributed by atoms with E-state index in [4.69, 9.17) is 14.7 Å². The molecule has 1 unspecified atom stereocenters. The van der Waals surface area contributed by atoms with Crippen molar-refractivity contribution < 1.29 is 14.3 Å². The number of hydrogen-bond donors (Lipinski definition) is 0. The second kappa shape index (κ2) is 8.19. The third-order valence-electron chi connectivity index (χ3n) is 6.19. The third-order valence-corrected chi connectivity index (χ3v) is 6.19. The lowest BCUT2D eigenvalue weighted by Gasteiger charge is -2.33. The van der Waals surface area contributed by atoms with Crippen LogP contribution >= 0.6 is 0 Å². The zero-order valence-corrected chi connectivity index (χ0v) is 18.0. The van der Waals surface area contributed by atoms with Crippen LogP contribution in [-0.2, 0) is 22.6 Å². The lowest BCUT2D eigenvalue weighted by Crippen LogP contribution is -2.38. The van der Waals surface area contributed by atoms with Crippen molar-refractivity contribution in [2.75, 3.05) is 19.7 Å². The zero-order chi connectivity index (χ0) is 22.2. The number of benzene rings is 1. The van der Waals surface area contributed by atoms with Crippen LogP contribution in [0.4, 0.5) is 0 Å². The first-order chi connectivity index (χ1) is 15.5. The van der Waals surface area contributed by atoms with E-state index in [1.165, 1.54) is 0 Å². The molecule has 0 saturated carbocycles. The Morgan fingerprint density at radius 3 is 2.97 bits per heavy atom. The van der Waals surface area contributed by atoms with Gasteiger partial charge in [-0.3, -0.25) is 4.90 Å². The number of cyclic esters (lactones) is 1. The number of pyridine rings is 1. The highest BCUT2D eigenvalue weighted by Gasteiger charge is 2.29. The summed E-state index contributed by atoms with van der Waals surface area (Å²) in [5.41, 5.74) is 6.20. The maximum Gasteiger partial charge on any atom is 0.338 e. The highest BCUT2D eigenvalue weighted by Crippen LogP contribution is 2.32. The molecular formula is C24H23N5O3. The van der Waals surface area contributed by atoms with E-state index in [2.05, 4.69) is 21.1 Å². The Labute approximate surface area is 186 Å². The number of ether oxygens (including phenoxy) is 2. The standard InChI is InChI=1S/C24H23N5O3/c1-15-9-23(26-11-17(15)10-25)29-6-5-18(27-29)12-28-7-8-31-22(13-28)19-3-4-20-21(16(19)2)14-32-24(20)30/h3-6,9,11,22H,7-8,12-14H2,1-2H3. The van der Waals surface area contributed by atoms with Gasteiger partial charge in [0.1, 0.15) is 12.7 Å². The molecule has 0 radical (unpaired) electrons. The second-order valence-electron chi connectivity index (χ2n) is 8.20. The fraction of sp³-hybridized carbons (Fsp3) is 0.333. The number of carbonyl (C=O) groups excluding carboxylic acids is 1. The van der Waals surface area contributed by atoms with Gasteiger partial charge in [0.2, 0.25) is 0 Å². The van der Waals surface area contributed by atoms with Gasteiger partial charge in [0.25, 0.3) is 0 Å². The van der Waals surface area contributed by atoms with E-state index in [0.717, 1.165) is 41.0 Å². The van der Waals surface area contributed by atoms with Crippen LogP contribution < -0.4 is 0 Å². The third kappa shape index (κ3) is 3.66. The molecule has 8 nitrogen and oxygen atoms in total. The van der Waals surface area contributed by atoms with Gasteiger partial charge in [-0.05, 0) is 48.7 Å². The highest BCUT2D eigenvalue weighted by molar-refractivity contribution is 5.93. The van der Waals surface area contributed by atoms with E-state index < -0.39 is 0 Å². The fourth-order valence-corrected chi connectivity index (χ4v) is 4.34. The summed E-state index contributed by atoms with van der Waals surface area (Å²) in [6.45, 7) is 7.17. The number of rotatable bonds is 4. The first kappa shape index (κ1) is 20.4. The van der Waals surface area contributed by atoms with Crippen LogP contribution in [0, 0.1) is 25.2 Å². The minimum atomic E-state index is -0.247. The summed E-state index contributed by atoms with van der Waals surface area (Å²) in [6, 6.07) is 9.83. The lowest BCUT2D eigenvalue weighted by atomic mass is 9.94. The Morgan fingerprint density at radius 2 is 2.16 bits per heavy atom. The minimum Gasteiger partial charge on any atom is -0.457 e. The SMILES string of the molecule is Cc1cc(-n2ccc(CN3CCOC(c4ccc5c(c4C)COC5=O)C3)n2)ncc1C#N. The summed E-state index contributed by atoms with van der Waals surface area (Å²) in [7, 11) is 0. The molecule has 4 heterocycles. The van der Waals surface area contributed by atoms with Crippen molar-refractivity contribution in [1.29, 1.82) is 5.26 Å². The van der Waals surface area contributed by atoms with E-state index in [1.54, 1.807) is 10.9 Å². The van der Waals surface area contributed by atoms with Crippen LogP contribution in [0.25, 0.3) is 5.82 Å². The van der Waals surface area contributed by atoms with Gasteiger partial charge in [0, 0.05) is 37.6 Å². The molecule has 8 heteroatoms. The van der Waals surface area contributed by atoms with Crippen LogP contribution in [0.3, 0.4) is 0 Å². The smallest absolute Gasteiger partial charge is 0.338 e. The Kier molecular flexibility index (Phi) is 5.21. The number of carbonyl (C=O) groups is 1. The van der Waals surface area contributed by atoms with Crippen molar-refractivity contribution in [1.82, 2.24) is 19.7 Å². The Bertz CT molecular complexity index is 1240. The summed E-state index contributed by atoms with van der Waals surface area (Å²) < 4.78 is 13.0. The second-order valence-corrected chi connectivity index (χ2v) is 8.20. The van der Waals surface area contributed by atoms with E-state index >= 15 is 0 Å². The summed E-state index contributed by atoms with van der Waals surface area (Å²) in [5, 5.41) is 13.8. The van der Waals surface area contributed by atoms with Gasteiger partial charge >= 0.3 is 5.97 Å². The maximum absolute atomic E-state index is 11.8. The maximum atomic E-state index is 11.8. The van der Waals surface area contributed by atoms with Crippen molar-refractivity contribution in [3.63, 3.8) is 0 Å². The molecule has 32 heavy (non-hydrogen) atoms. The Hall–Kier alpha value is -3.54. The molecule has 0 amide bonds. The quantitative estimate of drug-likeness (QED) is 0.589. The van der Waals surface area contributed by atoms with Crippen molar-refractivity contribution >= 4 is 5.97 Å². The molecule has 2 aliphatic rings. The predicted molar refractivity (Wildman–Crippen MR) is 115 cm³/mol. The minimum absolute atomic E-state index is 0.0605. The topological polar surface area (TPSA) is 93.3 Å². The van der Waals surface area contributed by atoms with E-state index in [9.17, 15) is 4.79 Å². The summed E-state index contributed by atoms with van der Waals surface area (Å²) in [5.74, 6) is 0.446. The predicted octanol–water partition coefficient (Wildman–Crippen LogP) is 3.00. The van der Waals surface area contributed by atoms with E-state index in [0.29, 0.717) is 36.7 Å². The van der Waals surface area contributed by atoms with Crippen molar-refractivity contribution in [2.24, 2.45) is 0 Å². The zero-order valence-electron chi connectivity index (χ0n) is 18.0. The number of aryl methyl sites for hydroxylation is 1. The highest BCUT2D eigenvalue weighted by atomic mass is 16.5. The largest absolute Gasteiger partial charge is 0.457 e. The van der Waals surface area contributed by atoms with Crippen LogP contribution in [0.15, 0.2) is 36.7 Å². The molecule has 1 atom stereocenters. The Morgan fingerprint density at radius 1 is 1.28 bits per heavy atom. The van der Waals surface area contributed by atoms with Crippen molar-refractivity contribution in [2.45, 2.75) is 33.1 Å². The molecule has 2 aliphatic heterocycles. The molecule has 162 valence electrons. The summed E-state index contributed by atoms with van der Waals surface area (Å²) >= 11 is 0. The lowest BCUT2D eigenvalue weighted by molar-refractivity contribution is -0.0336. The number of nitriles is 1. The molecule has 0 N–H and O–H groups in total. The van der Waals surface area contributed by atoms with Gasteiger partial charge in [0.05, 0.1) is 29.5 Å². The van der Waals surface area contributed by atoms with Gasteiger partial charge in [-0.15, -0.1) is 0 Å². The average Bonchev–Trinajstić information content (AvgIpc) is 3.41. The van der Waals surface area contributed by atoms with Crippen molar-refractivity contribution in [3.05, 3.63) is 75.7 Å². The first-order valence-corrected chi connectivity index (χ1v) is 10.6. The van der Waals surface area contributed by atoms with Crippen LogP contribution in [0.5, 0.6) is 0 Å². The molecule has 0 bridgehead atoms. The van der Waals surface area contributed by atoms with Gasteiger partial charge < -0.3 is 9.47 Å². The van der Waals surface area contributed by atoms with Gasteiger partial charge in [0.15, 0.2) is 5.82 Å². The molecule has 0 aliphatic carbocycles. The number of fused-ring (bicyclic) bond motifs is 1. The van der Waals surface area contributed by atoms with E-state index in [1.807, 2.05) is 44.3 Å². The molecule has 1 saturated heterocycles. The molecule has 5 rings (SSSR count). The average molecular weight is 429 g/mol. The normalized spacial score (nSPS) is 18.3. The Balaban J connectivity index is 1.30. The number of morpholine rings is 1. The van der Waals surface area contributed by atoms with Crippen LogP contribution in [0.2, 0.25) is 0 Å². The first-order valence-electron chi connectivity index (χ1n) is 10.6. The van der Waals surface area contributed by atoms with Crippen LogP contribution in [0.1, 0.15) is 50.0 Å². The van der Waals surface area contributed by atoms with E-state index in [-0.39, 0.29) is 12.1 Å². The molecule has 1 fully saturated rings. The van der Waals surface area contributed by atoms with Gasteiger partial charge in [-0.2, -0.15) is 10.4 Å². The van der Waals surface area contributed by atoms with Gasteiger partial charge in [-0.1, -0.05) is 6.07 Å². The number of nitrogens with zero attached hydrogens (tertiary/aromatic N) is 5. The summed E-state index contributed by atoms with van der Waals surface area (Å²) in [6.07, 6.45) is 3.41. The van der Waals surface area contributed by atoms with Crippen LogP contribution in [-0.4, -0.2) is 45.3 Å². The monoisotopic (exact) mass is 429 g/mol. The number of esters is 1. The molecule has 2 aromatic heterocycles. The molecular weight excluding hydrogens is 406 g/mol. The fourth-order valence-electron chi connectivity index (χ4n) is 4.34. The summed E-state index contributed by atoms with van der Waals surface area (Å²) in [4.78, 5) is 18.5. The van der Waals surface area contributed by atoms with Crippen molar-refractivity contribution in [3.8, 4) is 11.9 Å². The van der Waals surface area contributed by atoms with Gasteiger partial charge in [-0.25, -0.2) is 14.5 Å². The molecule has 1 aromatic carbocycles. The number of aromatic nitrogens is 3.